The normalized spacial score (nSPS) is 22.1. The number of aliphatic carboxylic acids is 1. The third kappa shape index (κ3) is 3.32. The zero-order chi connectivity index (χ0) is 18.9. The quantitative estimate of drug-likeness (QED) is 0.891. The Morgan fingerprint density at radius 2 is 1.81 bits per heavy atom. The van der Waals surface area contributed by atoms with Crippen LogP contribution in [-0.4, -0.2) is 58.4 Å². The van der Waals surface area contributed by atoms with Gasteiger partial charge in [0.05, 0.1) is 11.5 Å². The van der Waals surface area contributed by atoms with Gasteiger partial charge in [-0.2, -0.15) is 0 Å². The first-order valence-corrected chi connectivity index (χ1v) is 9.16. The Morgan fingerprint density at radius 1 is 1.19 bits per heavy atom. The molecule has 2 aliphatic rings. The van der Waals surface area contributed by atoms with Crippen molar-refractivity contribution in [3.8, 4) is 0 Å². The first kappa shape index (κ1) is 18.4. The highest BCUT2D eigenvalue weighted by atomic mass is 16.4. The van der Waals surface area contributed by atoms with Crippen molar-refractivity contribution in [3.63, 3.8) is 0 Å². The lowest BCUT2D eigenvalue weighted by molar-refractivity contribution is -0.147. The summed E-state index contributed by atoms with van der Waals surface area (Å²) in [4.78, 5) is 39.6. The standard InChI is InChI=1S/C20H26N2O4/c1-14-3-5-15(6-4-14)7-8-17(23)22-11-9-20(10-12-22)16(19(25)26)13-18(24)21(20)2/h3-6,16H,7-13H2,1-2H3,(H,25,26). The van der Waals surface area contributed by atoms with Crippen LogP contribution in [0.25, 0.3) is 0 Å². The molecule has 0 saturated carbocycles. The number of hydrogen-bond donors (Lipinski definition) is 1. The molecule has 3 rings (SSSR count). The van der Waals surface area contributed by atoms with Crippen molar-refractivity contribution < 1.29 is 19.5 Å². The monoisotopic (exact) mass is 358 g/mol. The lowest BCUT2D eigenvalue weighted by Crippen LogP contribution is -2.57. The number of amides is 2. The van der Waals surface area contributed by atoms with E-state index in [0.29, 0.717) is 38.8 Å². The maximum atomic E-state index is 12.5. The number of aryl methyl sites for hydroxylation is 2. The van der Waals surface area contributed by atoms with Crippen molar-refractivity contribution in [1.29, 1.82) is 0 Å². The summed E-state index contributed by atoms with van der Waals surface area (Å²) in [7, 11) is 1.69. The van der Waals surface area contributed by atoms with Gasteiger partial charge in [0.2, 0.25) is 11.8 Å². The number of nitrogens with zero attached hydrogens (tertiary/aromatic N) is 2. The van der Waals surface area contributed by atoms with E-state index < -0.39 is 17.4 Å². The van der Waals surface area contributed by atoms with E-state index in [1.54, 1.807) is 11.9 Å². The van der Waals surface area contributed by atoms with Crippen LogP contribution in [0, 0.1) is 12.8 Å². The van der Waals surface area contributed by atoms with E-state index in [1.807, 2.05) is 36.1 Å². The molecule has 1 unspecified atom stereocenters. The Bertz CT molecular complexity index is 705. The molecule has 1 atom stereocenters. The Balaban J connectivity index is 1.59. The molecule has 140 valence electrons. The first-order chi connectivity index (χ1) is 12.3. The topological polar surface area (TPSA) is 77.9 Å². The van der Waals surface area contributed by atoms with Crippen molar-refractivity contribution in [1.82, 2.24) is 9.80 Å². The molecular formula is C20H26N2O4. The van der Waals surface area contributed by atoms with E-state index in [0.717, 1.165) is 5.56 Å². The van der Waals surface area contributed by atoms with Crippen molar-refractivity contribution >= 4 is 17.8 Å². The Labute approximate surface area is 153 Å². The predicted molar refractivity (Wildman–Crippen MR) is 96.6 cm³/mol. The molecule has 2 amide bonds. The second-order valence-corrected chi connectivity index (χ2v) is 7.52. The first-order valence-electron chi connectivity index (χ1n) is 9.16. The molecule has 2 fully saturated rings. The van der Waals surface area contributed by atoms with Crippen LogP contribution in [0.4, 0.5) is 0 Å². The van der Waals surface area contributed by atoms with Gasteiger partial charge in [0.25, 0.3) is 0 Å². The van der Waals surface area contributed by atoms with Gasteiger partial charge < -0.3 is 14.9 Å². The van der Waals surface area contributed by atoms with Crippen molar-refractivity contribution in [3.05, 3.63) is 35.4 Å². The van der Waals surface area contributed by atoms with E-state index in [4.69, 9.17) is 0 Å². The van der Waals surface area contributed by atoms with Gasteiger partial charge in [-0.25, -0.2) is 0 Å². The smallest absolute Gasteiger partial charge is 0.309 e. The highest BCUT2D eigenvalue weighted by Crippen LogP contribution is 2.42. The molecule has 0 aliphatic carbocycles. The molecule has 0 radical (unpaired) electrons. The van der Waals surface area contributed by atoms with E-state index in [-0.39, 0.29) is 18.2 Å². The minimum absolute atomic E-state index is 0.0627. The van der Waals surface area contributed by atoms with Crippen molar-refractivity contribution in [2.75, 3.05) is 20.1 Å². The molecule has 1 aromatic carbocycles. The summed E-state index contributed by atoms with van der Waals surface area (Å²) < 4.78 is 0. The van der Waals surface area contributed by atoms with Gasteiger partial charge >= 0.3 is 5.97 Å². The Hall–Kier alpha value is -2.37. The zero-order valence-electron chi connectivity index (χ0n) is 15.4. The highest BCUT2D eigenvalue weighted by molar-refractivity contribution is 5.88. The summed E-state index contributed by atoms with van der Waals surface area (Å²) in [6.45, 7) is 3.05. The van der Waals surface area contributed by atoms with Crippen LogP contribution in [0.5, 0.6) is 0 Å². The number of rotatable bonds is 4. The van der Waals surface area contributed by atoms with Crippen LogP contribution >= 0.6 is 0 Å². The molecule has 1 aromatic rings. The predicted octanol–water partition coefficient (Wildman–Crippen LogP) is 1.85. The molecule has 2 aliphatic heterocycles. The van der Waals surface area contributed by atoms with Crippen LogP contribution in [0.15, 0.2) is 24.3 Å². The molecule has 1 spiro atoms. The van der Waals surface area contributed by atoms with Crippen molar-refractivity contribution in [2.45, 2.75) is 44.6 Å². The van der Waals surface area contributed by atoms with Crippen LogP contribution in [0.2, 0.25) is 0 Å². The minimum Gasteiger partial charge on any atom is -0.481 e. The summed E-state index contributed by atoms with van der Waals surface area (Å²) in [6.07, 6.45) is 2.28. The van der Waals surface area contributed by atoms with E-state index in [2.05, 4.69) is 0 Å². The number of carboxylic acids is 1. The van der Waals surface area contributed by atoms with Crippen LogP contribution in [0.3, 0.4) is 0 Å². The molecular weight excluding hydrogens is 332 g/mol. The van der Waals surface area contributed by atoms with Gasteiger partial charge in [-0.05, 0) is 31.7 Å². The number of carboxylic acid groups (broad SMARTS) is 1. The molecule has 0 aromatic heterocycles. The number of hydrogen-bond acceptors (Lipinski definition) is 3. The summed E-state index contributed by atoms with van der Waals surface area (Å²) in [5.41, 5.74) is 1.70. The number of benzene rings is 1. The second kappa shape index (κ2) is 7.09. The van der Waals surface area contributed by atoms with Gasteiger partial charge in [0.1, 0.15) is 0 Å². The lowest BCUT2D eigenvalue weighted by Gasteiger charge is -2.45. The molecule has 6 nitrogen and oxygen atoms in total. The fraction of sp³-hybridized carbons (Fsp3) is 0.550. The number of likely N-dealkylation sites (tertiary alicyclic amines) is 2. The Morgan fingerprint density at radius 3 is 2.38 bits per heavy atom. The maximum absolute atomic E-state index is 12.5. The van der Waals surface area contributed by atoms with Gasteiger partial charge in [0, 0.05) is 33.0 Å². The minimum atomic E-state index is -0.915. The average molecular weight is 358 g/mol. The lowest BCUT2D eigenvalue weighted by atomic mass is 9.77. The van der Waals surface area contributed by atoms with E-state index in [1.165, 1.54) is 5.56 Å². The van der Waals surface area contributed by atoms with Crippen LogP contribution in [0.1, 0.15) is 36.8 Å². The van der Waals surface area contributed by atoms with Gasteiger partial charge in [-0.1, -0.05) is 29.8 Å². The van der Waals surface area contributed by atoms with Crippen LogP contribution < -0.4 is 0 Å². The molecule has 2 heterocycles. The fourth-order valence-corrected chi connectivity index (χ4v) is 4.29. The fourth-order valence-electron chi connectivity index (χ4n) is 4.29. The van der Waals surface area contributed by atoms with Gasteiger partial charge in [-0.15, -0.1) is 0 Å². The maximum Gasteiger partial charge on any atom is 0.309 e. The highest BCUT2D eigenvalue weighted by Gasteiger charge is 2.55. The SMILES string of the molecule is Cc1ccc(CCC(=O)N2CCC3(CC2)C(C(=O)O)CC(=O)N3C)cc1. The third-order valence-corrected chi connectivity index (χ3v) is 6.10. The summed E-state index contributed by atoms with van der Waals surface area (Å²) in [5, 5.41) is 9.51. The molecule has 2 saturated heterocycles. The molecule has 1 N–H and O–H groups in total. The van der Waals surface area contributed by atoms with E-state index in [9.17, 15) is 19.5 Å². The van der Waals surface area contributed by atoms with E-state index >= 15 is 0 Å². The average Bonchev–Trinajstić information content (AvgIpc) is 2.87. The summed E-state index contributed by atoms with van der Waals surface area (Å²) in [5.74, 6) is -1.61. The summed E-state index contributed by atoms with van der Waals surface area (Å²) in [6, 6.07) is 8.18. The Kier molecular flexibility index (Phi) is 5.03. The second-order valence-electron chi connectivity index (χ2n) is 7.52. The molecule has 6 heteroatoms. The largest absolute Gasteiger partial charge is 0.481 e. The number of piperidine rings is 1. The van der Waals surface area contributed by atoms with Crippen LogP contribution in [-0.2, 0) is 20.8 Å². The number of carbonyl (C=O) groups is 3. The molecule has 0 bridgehead atoms. The van der Waals surface area contributed by atoms with Gasteiger partial charge in [0.15, 0.2) is 0 Å². The third-order valence-electron chi connectivity index (χ3n) is 6.10. The van der Waals surface area contributed by atoms with Gasteiger partial charge in [-0.3, -0.25) is 14.4 Å². The number of carbonyl (C=O) groups excluding carboxylic acids is 2. The van der Waals surface area contributed by atoms with Crippen molar-refractivity contribution in [2.24, 2.45) is 5.92 Å². The summed E-state index contributed by atoms with van der Waals surface area (Å²) >= 11 is 0. The molecule has 26 heavy (non-hydrogen) atoms. The zero-order valence-corrected chi connectivity index (χ0v) is 15.4.